The maximum absolute atomic E-state index is 11.4. The van der Waals surface area contributed by atoms with Crippen molar-refractivity contribution in [2.45, 2.75) is 0 Å². The van der Waals surface area contributed by atoms with Gasteiger partial charge in [0.05, 0.1) is 11.9 Å². The van der Waals surface area contributed by atoms with Crippen LogP contribution in [0.2, 0.25) is 0 Å². The molecule has 0 aliphatic carbocycles. The van der Waals surface area contributed by atoms with E-state index in [0.717, 1.165) is 10.0 Å². The minimum Gasteiger partial charge on any atom is -0.313 e. The van der Waals surface area contributed by atoms with Gasteiger partial charge in [-0.05, 0) is 17.7 Å². The summed E-state index contributed by atoms with van der Waals surface area (Å²) in [6, 6.07) is 7.52. The summed E-state index contributed by atoms with van der Waals surface area (Å²) in [5.74, 6) is 0. The Morgan fingerprint density at radius 1 is 1.21 bits per heavy atom. The van der Waals surface area contributed by atoms with E-state index >= 15 is 0 Å². The number of H-pyrrole nitrogens is 1. The summed E-state index contributed by atoms with van der Waals surface area (Å²) >= 11 is 3.33. The summed E-state index contributed by atoms with van der Waals surface area (Å²) in [5.41, 5.74) is 1.32. The third kappa shape index (κ3) is 1.75. The van der Waals surface area contributed by atoms with E-state index in [4.69, 9.17) is 0 Å². The van der Waals surface area contributed by atoms with Crippen molar-refractivity contribution < 1.29 is 0 Å². The number of nitrogens with one attached hydrogen (secondary N) is 1. The second-order valence-corrected chi connectivity index (χ2v) is 3.72. The number of hydrogen-bond acceptors (Lipinski definition) is 2. The van der Waals surface area contributed by atoms with Crippen molar-refractivity contribution in [1.82, 2.24) is 9.97 Å². The van der Waals surface area contributed by atoms with Crippen molar-refractivity contribution in [3.05, 3.63) is 51.6 Å². The van der Waals surface area contributed by atoms with Crippen molar-refractivity contribution in [2.24, 2.45) is 0 Å². The number of rotatable bonds is 1. The molecule has 0 unspecified atom stereocenters. The molecule has 0 saturated carbocycles. The Morgan fingerprint density at radius 2 is 1.93 bits per heavy atom. The number of halogens is 1. The molecule has 2 rings (SSSR count). The van der Waals surface area contributed by atoms with Crippen LogP contribution < -0.4 is 5.56 Å². The monoisotopic (exact) mass is 250 g/mol. The summed E-state index contributed by atoms with van der Waals surface area (Å²) in [6.45, 7) is 0. The van der Waals surface area contributed by atoms with Gasteiger partial charge in [-0.1, -0.05) is 28.1 Å². The molecule has 0 spiro atoms. The van der Waals surface area contributed by atoms with E-state index in [2.05, 4.69) is 25.9 Å². The van der Waals surface area contributed by atoms with E-state index in [-0.39, 0.29) is 5.56 Å². The number of nitrogens with zero attached hydrogens (tertiary/aromatic N) is 1. The van der Waals surface area contributed by atoms with E-state index in [1.807, 2.05) is 24.3 Å². The average molecular weight is 251 g/mol. The standard InChI is InChI=1S/C10H7BrN2O/c11-8-3-1-7(2-4-8)9-5-12-6-13-10(9)14/h1-6H,(H,12,13,14). The highest BCUT2D eigenvalue weighted by Crippen LogP contribution is 2.17. The van der Waals surface area contributed by atoms with Crippen LogP contribution in [0.5, 0.6) is 0 Å². The molecule has 0 bridgehead atoms. The number of hydrogen-bond donors (Lipinski definition) is 1. The van der Waals surface area contributed by atoms with Crippen molar-refractivity contribution >= 4 is 15.9 Å². The topological polar surface area (TPSA) is 45.8 Å². The van der Waals surface area contributed by atoms with Crippen LogP contribution in [0.1, 0.15) is 0 Å². The predicted octanol–water partition coefficient (Wildman–Crippen LogP) is 2.20. The fraction of sp³-hybridized carbons (Fsp3) is 0. The Labute approximate surface area is 89.0 Å². The zero-order valence-electron chi connectivity index (χ0n) is 7.20. The molecule has 4 heteroatoms. The average Bonchev–Trinajstić information content (AvgIpc) is 2.20. The van der Waals surface area contributed by atoms with E-state index in [9.17, 15) is 4.79 Å². The van der Waals surface area contributed by atoms with Crippen LogP contribution in [0, 0.1) is 0 Å². The maximum atomic E-state index is 11.4. The number of benzene rings is 1. The molecule has 1 heterocycles. The Kier molecular flexibility index (Phi) is 2.45. The van der Waals surface area contributed by atoms with Crippen LogP contribution in [0.3, 0.4) is 0 Å². The highest BCUT2D eigenvalue weighted by molar-refractivity contribution is 9.10. The molecular weight excluding hydrogens is 244 g/mol. The molecule has 70 valence electrons. The van der Waals surface area contributed by atoms with Gasteiger partial charge in [-0.3, -0.25) is 4.79 Å². The summed E-state index contributed by atoms with van der Waals surface area (Å²) in [5, 5.41) is 0. The Balaban J connectivity index is 2.56. The quantitative estimate of drug-likeness (QED) is 0.844. The zero-order chi connectivity index (χ0) is 9.97. The van der Waals surface area contributed by atoms with Gasteiger partial charge in [0.25, 0.3) is 5.56 Å². The van der Waals surface area contributed by atoms with Gasteiger partial charge in [-0.25, -0.2) is 4.98 Å². The smallest absolute Gasteiger partial charge is 0.258 e. The first-order valence-corrected chi connectivity index (χ1v) is 4.85. The SMILES string of the molecule is O=c1[nH]cncc1-c1ccc(Br)cc1. The van der Waals surface area contributed by atoms with E-state index in [1.54, 1.807) is 6.20 Å². The van der Waals surface area contributed by atoms with Gasteiger partial charge in [0, 0.05) is 10.7 Å². The second kappa shape index (κ2) is 3.75. The summed E-state index contributed by atoms with van der Waals surface area (Å²) < 4.78 is 0.988. The summed E-state index contributed by atoms with van der Waals surface area (Å²) in [6.07, 6.45) is 2.94. The molecule has 0 radical (unpaired) electrons. The fourth-order valence-electron chi connectivity index (χ4n) is 1.18. The normalized spacial score (nSPS) is 10.1. The summed E-state index contributed by atoms with van der Waals surface area (Å²) in [7, 11) is 0. The van der Waals surface area contributed by atoms with Gasteiger partial charge in [-0.15, -0.1) is 0 Å². The van der Waals surface area contributed by atoms with Gasteiger partial charge >= 0.3 is 0 Å². The summed E-state index contributed by atoms with van der Waals surface area (Å²) in [4.78, 5) is 17.8. The molecular formula is C10H7BrN2O. The van der Waals surface area contributed by atoms with E-state index in [0.29, 0.717) is 5.56 Å². The van der Waals surface area contributed by atoms with Gasteiger partial charge in [-0.2, -0.15) is 0 Å². The van der Waals surface area contributed by atoms with Gasteiger partial charge in [0.15, 0.2) is 0 Å². The van der Waals surface area contributed by atoms with Crippen LogP contribution in [0.15, 0.2) is 46.1 Å². The predicted molar refractivity (Wildman–Crippen MR) is 58.0 cm³/mol. The lowest BCUT2D eigenvalue weighted by atomic mass is 10.1. The minimum atomic E-state index is -0.123. The van der Waals surface area contributed by atoms with E-state index in [1.165, 1.54) is 6.33 Å². The van der Waals surface area contributed by atoms with Crippen molar-refractivity contribution in [1.29, 1.82) is 0 Å². The molecule has 0 saturated heterocycles. The molecule has 0 amide bonds. The molecule has 2 aromatic rings. The first-order valence-electron chi connectivity index (χ1n) is 4.06. The number of aromatic amines is 1. The van der Waals surface area contributed by atoms with Crippen LogP contribution in [0.25, 0.3) is 11.1 Å². The Hall–Kier alpha value is -1.42. The van der Waals surface area contributed by atoms with Gasteiger partial charge in [0.2, 0.25) is 0 Å². The lowest BCUT2D eigenvalue weighted by Crippen LogP contribution is -2.08. The molecule has 3 nitrogen and oxygen atoms in total. The molecule has 0 aliphatic heterocycles. The third-order valence-corrected chi connectivity index (χ3v) is 2.40. The molecule has 0 aliphatic rings. The Morgan fingerprint density at radius 3 is 2.57 bits per heavy atom. The molecule has 14 heavy (non-hydrogen) atoms. The highest BCUT2D eigenvalue weighted by atomic mass is 79.9. The van der Waals surface area contributed by atoms with Gasteiger partial charge < -0.3 is 4.98 Å². The van der Waals surface area contributed by atoms with Crippen molar-refractivity contribution in [3.8, 4) is 11.1 Å². The lowest BCUT2D eigenvalue weighted by Gasteiger charge is -1.98. The number of aromatic nitrogens is 2. The van der Waals surface area contributed by atoms with Crippen LogP contribution >= 0.6 is 15.9 Å². The maximum Gasteiger partial charge on any atom is 0.258 e. The molecule has 1 aromatic heterocycles. The zero-order valence-corrected chi connectivity index (χ0v) is 8.78. The van der Waals surface area contributed by atoms with Gasteiger partial charge in [0.1, 0.15) is 0 Å². The minimum absolute atomic E-state index is 0.123. The Bertz CT molecular complexity index is 490. The third-order valence-electron chi connectivity index (χ3n) is 1.87. The first-order chi connectivity index (χ1) is 6.77. The van der Waals surface area contributed by atoms with Crippen molar-refractivity contribution in [3.63, 3.8) is 0 Å². The van der Waals surface area contributed by atoms with Crippen LogP contribution in [0.4, 0.5) is 0 Å². The van der Waals surface area contributed by atoms with Crippen LogP contribution in [-0.4, -0.2) is 9.97 Å². The molecule has 0 atom stereocenters. The molecule has 1 aromatic carbocycles. The fourth-order valence-corrected chi connectivity index (χ4v) is 1.44. The molecule has 1 N–H and O–H groups in total. The lowest BCUT2D eigenvalue weighted by molar-refractivity contribution is 1.12. The van der Waals surface area contributed by atoms with Crippen LogP contribution in [-0.2, 0) is 0 Å². The second-order valence-electron chi connectivity index (χ2n) is 2.80. The largest absolute Gasteiger partial charge is 0.313 e. The van der Waals surface area contributed by atoms with Crippen molar-refractivity contribution in [2.75, 3.05) is 0 Å². The highest BCUT2D eigenvalue weighted by Gasteiger charge is 2.01. The molecule has 0 fully saturated rings. The van der Waals surface area contributed by atoms with E-state index < -0.39 is 0 Å². The first kappa shape index (κ1) is 9.15.